The quantitative estimate of drug-likeness (QED) is 0.824. The lowest BCUT2D eigenvalue weighted by molar-refractivity contribution is 0.0671. The van der Waals surface area contributed by atoms with Crippen LogP contribution in [0.15, 0.2) is 10.8 Å². The van der Waals surface area contributed by atoms with Crippen molar-refractivity contribution >= 4 is 5.91 Å². The Morgan fingerprint density at radius 2 is 2.21 bits per heavy atom. The smallest absolute Gasteiger partial charge is 0.292 e. The number of rotatable bonds is 2. The van der Waals surface area contributed by atoms with Crippen molar-refractivity contribution in [2.75, 3.05) is 20.1 Å². The summed E-state index contributed by atoms with van der Waals surface area (Å²) in [5, 5.41) is 18.4. The van der Waals surface area contributed by atoms with E-state index >= 15 is 0 Å². The van der Waals surface area contributed by atoms with Crippen molar-refractivity contribution in [1.82, 2.24) is 29.5 Å². The fraction of sp³-hybridized carbons (Fsp3) is 0.600. The first-order valence-electron chi connectivity index (χ1n) is 8.04. The molecule has 1 N–H and O–H groups in total. The van der Waals surface area contributed by atoms with Crippen molar-refractivity contribution in [2.24, 2.45) is 0 Å². The third-order valence-electron chi connectivity index (χ3n) is 4.83. The predicted molar refractivity (Wildman–Crippen MR) is 82.0 cm³/mol. The molecule has 1 saturated heterocycles. The molecule has 24 heavy (non-hydrogen) atoms. The Morgan fingerprint density at radius 3 is 2.88 bits per heavy atom. The lowest BCUT2D eigenvalue weighted by Gasteiger charge is -2.28. The minimum Gasteiger partial charge on any atom is -0.438 e. The number of aromatic nitrogens is 4. The van der Waals surface area contributed by atoms with Gasteiger partial charge in [-0.2, -0.15) is 0 Å². The first-order chi connectivity index (χ1) is 11.5. The molecule has 0 saturated carbocycles. The molecule has 2 atom stereocenters. The van der Waals surface area contributed by atoms with Crippen LogP contribution in [0.5, 0.6) is 0 Å². The highest BCUT2D eigenvalue weighted by atomic mass is 16.3. The zero-order valence-corrected chi connectivity index (χ0v) is 13.7. The van der Waals surface area contributed by atoms with Gasteiger partial charge in [0.05, 0.1) is 24.4 Å². The maximum absolute atomic E-state index is 12.5. The first-order valence-corrected chi connectivity index (χ1v) is 8.04. The van der Waals surface area contributed by atoms with Gasteiger partial charge in [0.25, 0.3) is 5.91 Å². The van der Waals surface area contributed by atoms with Crippen molar-refractivity contribution < 1.29 is 14.3 Å². The molecule has 9 nitrogen and oxygen atoms in total. The number of nitrogens with zero attached hydrogens (tertiary/aromatic N) is 6. The first kappa shape index (κ1) is 15.3. The van der Waals surface area contributed by atoms with Crippen LogP contribution < -0.4 is 0 Å². The Hall–Kier alpha value is -2.26. The molecular weight excluding hydrogens is 312 g/mol. The van der Waals surface area contributed by atoms with Crippen LogP contribution in [-0.2, 0) is 13.1 Å². The van der Waals surface area contributed by atoms with Crippen LogP contribution in [0.3, 0.4) is 0 Å². The number of fused-ring (bicyclic) bond motifs is 1. The Labute approximate surface area is 138 Å². The predicted octanol–water partition coefficient (Wildman–Crippen LogP) is -0.0320. The van der Waals surface area contributed by atoms with E-state index in [1.54, 1.807) is 11.8 Å². The number of hydrogen-bond donors (Lipinski definition) is 1. The number of carbonyl (C=O) groups is 1. The highest BCUT2D eigenvalue weighted by Crippen LogP contribution is 2.31. The molecule has 0 unspecified atom stereocenters. The summed E-state index contributed by atoms with van der Waals surface area (Å²) in [5.41, 5.74) is 0.592. The van der Waals surface area contributed by atoms with E-state index in [0.717, 1.165) is 11.6 Å². The van der Waals surface area contributed by atoms with Gasteiger partial charge in [0.15, 0.2) is 18.0 Å². The summed E-state index contributed by atoms with van der Waals surface area (Å²) in [6.07, 6.45) is 1.62. The van der Waals surface area contributed by atoms with Gasteiger partial charge in [-0.25, -0.2) is 4.98 Å². The molecule has 2 aromatic rings. The SMILES string of the molecule is Cc1ncoc1C(=O)N1CCn2c(nnc2[C@@H]2C[C@@H](O)CN2C)C1. The molecule has 0 radical (unpaired) electrons. The summed E-state index contributed by atoms with van der Waals surface area (Å²) in [7, 11) is 1.98. The van der Waals surface area contributed by atoms with Crippen LogP contribution in [0.4, 0.5) is 0 Å². The van der Waals surface area contributed by atoms with Gasteiger partial charge in [-0.05, 0) is 20.4 Å². The number of β-amino-alcohol motifs (C(OH)–C–C–N with tert-alkyl or cyclic N) is 1. The van der Waals surface area contributed by atoms with Crippen molar-refractivity contribution in [3.8, 4) is 0 Å². The standard InChI is InChI=1S/C15H20N6O3/c1-9-13(24-8-16-9)15(23)20-3-4-21-12(7-20)17-18-14(21)11-5-10(22)6-19(11)2/h8,10-11,22H,3-7H2,1-2H3/t10-,11+/m1/s1. The Kier molecular flexibility index (Phi) is 3.61. The van der Waals surface area contributed by atoms with Crippen LogP contribution in [-0.4, -0.2) is 66.8 Å². The second-order valence-electron chi connectivity index (χ2n) is 6.46. The maximum Gasteiger partial charge on any atom is 0.292 e. The van der Waals surface area contributed by atoms with Gasteiger partial charge in [-0.1, -0.05) is 0 Å². The number of amides is 1. The van der Waals surface area contributed by atoms with Gasteiger partial charge in [0.2, 0.25) is 5.76 Å². The second kappa shape index (κ2) is 5.67. The zero-order valence-electron chi connectivity index (χ0n) is 13.7. The lowest BCUT2D eigenvalue weighted by atomic mass is 10.2. The summed E-state index contributed by atoms with van der Waals surface area (Å²) in [4.78, 5) is 20.3. The van der Waals surface area contributed by atoms with E-state index < -0.39 is 0 Å². The highest BCUT2D eigenvalue weighted by molar-refractivity contribution is 5.92. The Balaban J connectivity index is 1.55. The molecule has 2 aliphatic heterocycles. The number of likely N-dealkylation sites (tertiary alicyclic amines) is 1. The fourth-order valence-corrected chi connectivity index (χ4v) is 3.53. The van der Waals surface area contributed by atoms with Gasteiger partial charge in [0.1, 0.15) is 0 Å². The summed E-state index contributed by atoms with van der Waals surface area (Å²) in [6.45, 7) is 3.99. The van der Waals surface area contributed by atoms with Crippen LogP contribution in [0.25, 0.3) is 0 Å². The fourth-order valence-electron chi connectivity index (χ4n) is 3.53. The topological polar surface area (TPSA) is 101 Å². The molecule has 4 rings (SSSR count). The molecule has 1 fully saturated rings. The highest BCUT2D eigenvalue weighted by Gasteiger charge is 2.35. The van der Waals surface area contributed by atoms with Gasteiger partial charge in [0, 0.05) is 19.6 Å². The zero-order chi connectivity index (χ0) is 16.8. The van der Waals surface area contributed by atoms with Crippen LogP contribution in [0.1, 0.15) is 40.4 Å². The Bertz CT molecular complexity index is 769. The number of aliphatic hydroxyl groups is 1. The average Bonchev–Trinajstić information content (AvgIpc) is 3.24. The third kappa shape index (κ3) is 2.40. The van der Waals surface area contributed by atoms with E-state index in [2.05, 4.69) is 24.6 Å². The monoisotopic (exact) mass is 332 g/mol. The Morgan fingerprint density at radius 1 is 1.38 bits per heavy atom. The van der Waals surface area contributed by atoms with E-state index in [0.29, 0.717) is 38.3 Å². The summed E-state index contributed by atoms with van der Waals surface area (Å²) in [5.74, 6) is 1.74. The number of carbonyl (C=O) groups excluding carboxylic acids is 1. The molecular formula is C15H20N6O3. The number of likely N-dealkylation sites (N-methyl/N-ethyl adjacent to an activating group) is 1. The van der Waals surface area contributed by atoms with Crippen molar-refractivity contribution in [1.29, 1.82) is 0 Å². The minimum absolute atomic E-state index is 0.0695. The van der Waals surface area contributed by atoms with Gasteiger partial charge < -0.3 is 19.0 Å². The molecule has 0 bridgehead atoms. The number of aliphatic hydroxyl groups excluding tert-OH is 1. The summed E-state index contributed by atoms with van der Waals surface area (Å²) in [6, 6.07) is 0.0695. The van der Waals surface area contributed by atoms with E-state index in [-0.39, 0.29) is 23.8 Å². The normalized spacial score (nSPS) is 24.4. The average molecular weight is 332 g/mol. The van der Waals surface area contributed by atoms with Gasteiger partial charge in [-0.15, -0.1) is 10.2 Å². The van der Waals surface area contributed by atoms with Crippen LogP contribution >= 0.6 is 0 Å². The van der Waals surface area contributed by atoms with E-state index in [1.807, 2.05) is 7.05 Å². The molecule has 0 aromatic carbocycles. The molecule has 0 spiro atoms. The van der Waals surface area contributed by atoms with Gasteiger partial charge in [-0.3, -0.25) is 9.69 Å². The molecule has 0 aliphatic carbocycles. The molecule has 4 heterocycles. The number of oxazole rings is 1. The summed E-state index contributed by atoms with van der Waals surface area (Å²) < 4.78 is 7.27. The second-order valence-corrected chi connectivity index (χ2v) is 6.46. The van der Waals surface area contributed by atoms with Crippen LogP contribution in [0.2, 0.25) is 0 Å². The molecule has 128 valence electrons. The van der Waals surface area contributed by atoms with Crippen molar-refractivity contribution in [3.63, 3.8) is 0 Å². The summed E-state index contributed by atoms with van der Waals surface area (Å²) >= 11 is 0. The van der Waals surface area contributed by atoms with Gasteiger partial charge >= 0.3 is 0 Å². The molecule has 9 heteroatoms. The van der Waals surface area contributed by atoms with E-state index in [9.17, 15) is 9.90 Å². The maximum atomic E-state index is 12.5. The van der Waals surface area contributed by atoms with Crippen LogP contribution in [0, 0.1) is 6.92 Å². The molecule has 1 amide bonds. The number of hydrogen-bond acceptors (Lipinski definition) is 7. The largest absolute Gasteiger partial charge is 0.438 e. The third-order valence-corrected chi connectivity index (χ3v) is 4.83. The van der Waals surface area contributed by atoms with Crippen molar-refractivity contribution in [3.05, 3.63) is 29.5 Å². The molecule has 2 aliphatic rings. The van der Waals surface area contributed by atoms with E-state index in [1.165, 1.54) is 6.39 Å². The molecule has 2 aromatic heterocycles. The minimum atomic E-state index is -0.330. The van der Waals surface area contributed by atoms with Crippen molar-refractivity contribution in [2.45, 2.75) is 38.6 Å². The lowest BCUT2D eigenvalue weighted by Crippen LogP contribution is -2.39. The number of aryl methyl sites for hydroxylation is 1. The van der Waals surface area contributed by atoms with E-state index in [4.69, 9.17) is 4.42 Å².